The van der Waals surface area contributed by atoms with E-state index in [-0.39, 0.29) is 23.2 Å². The molecular weight excluding hydrogens is 470 g/mol. The van der Waals surface area contributed by atoms with Gasteiger partial charge in [-0.3, -0.25) is 9.52 Å². The van der Waals surface area contributed by atoms with Gasteiger partial charge in [0.15, 0.2) is 0 Å². The summed E-state index contributed by atoms with van der Waals surface area (Å²) in [5, 5.41) is -1.16. The lowest BCUT2D eigenvalue weighted by Crippen LogP contribution is -2.22. The van der Waals surface area contributed by atoms with Crippen LogP contribution in [0.4, 0.5) is 5.69 Å². The number of hydrogen-bond donors (Lipinski definition) is 1. The van der Waals surface area contributed by atoms with Crippen LogP contribution in [0.5, 0.6) is 11.5 Å². The largest absolute Gasteiger partial charge is 0.469 e. The van der Waals surface area contributed by atoms with Gasteiger partial charge in [0.2, 0.25) is 10.0 Å². The number of hydrogen-bond acceptors (Lipinski definition) is 7. The topological polar surface area (TPSA) is 108 Å². The Hall–Kier alpha value is -3.85. The van der Waals surface area contributed by atoms with E-state index in [0.29, 0.717) is 17.1 Å². The van der Waals surface area contributed by atoms with Crippen LogP contribution in [-0.4, -0.2) is 34.6 Å². The molecule has 0 radical (unpaired) electrons. The summed E-state index contributed by atoms with van der Waals surface area (Å²) >= 11 is 0. The Morgan fingerprint density at radius 2 is 1.63 bits per heavy atom. The van der Waals surface area contributed by atoms with Crippen molar-refractivity contribution >= 4 is 27.6 Å². The van der Waals surface area contributed by atoms with Gasteiger partial charge in [0.25, 0.3) is 0 Å². The molecule has 0 saturated carbocycles. The molecule has 0 fully saturated rings. The van der Waals surface area contributed by atoms with Gasteiger partial charge in [-0.2, -0.15) is 0 Å². The highest BCUT2D eigenvalue weighted by Crippen LogP contribution is 2.33. The van der Waals surface area contributed by atoms with E-state index in [4.69, 9.17) is 14.2 Å². The number of carbonyl (C=O) groups is 2. The van der Waals surface area contributed by atoms with Crippen molar-refractivity contribution in [3.8, 4) is 11.5 Å². The molecule has 184 valence electrons. The van der Waals surface area contributed by atoms with Crippen molar-refractivity contribution in [1.29, 1.82) is 0 Å². The van der Waals surface area contributed by atoms with Crippen molar-refractivity contribution in [3.05, 3.63) is 89.0 Å². The Morgan fingerprint density at radius 3 is 2.29 bits per heavy atom. The first-order valence-corrected chi connectivity index (χ1v) is 12.3. The van der Waals surface area contributed by atoms with Crippen LogP contribution in [0.25, 0.3) is 0 Å². The van der Waals surface area contributed by atoms with Crippen molar-refractivity contribution in [2.24, 2.45) is 0 Å². The highest BCUT2D eigenvalue weighted by molar-refractivity contribution is 7.92. The average Bonchev–Trinajstić information content (AvgIpc) is 2.85. The maximum absolute atomic E-state index is 13.4. The third-order valence-electron chi connectivity index (χ3n) is 5.39. The molecule has 0 amide bonds. The Balaban J connectivity index is 1.98. The summed E-state index contributed by atoms with van der Waals surface area (Å²) in [7, 11) is -1.57. The second kappa shape index (κ2) is 11.1. The van der Waals surface area contributed by atoms with Crippen molar-refractivity contribution in [2.75, 3.05) is 18.9 Å². The molecule has 0 aliphatic rings. The fourth-order valence-corrected chi connectivity index (χ4v) is 4.68. The maximum atomic E-state index is 13.4. The summed E-state index contributed by atoms with van der Waals surface area (Å²) in [4.78, 5) is 24.3. The summed E-state index contributed by atoms with van der Waals surface area (Å²) in [6.07, 6.45) is -0.0990. The predicted octanol–water partition coefficient (Wildman–Crippen LogP) is 4.79. The lowest BCUT2D eigenvalue weighted by molar-refractivity contribution is -0.139. The Kier molecular flexibility index (Phi) is 8.14. The van der Waals surface area contributed by atoms with Gasteiger partial charge < -0.3 is 14.2 Å². The van der Waals surface area contributed by atoms with Crippen molar-refractivity contribution < 1.29 is 32.2 Å². The number of aryl methyl sites for hydroxylation is 1. The third kappa shape index (κ3) is 6.39. The monoisotopic (exact) mass is 497 g/mol. The first kappa shape index (κ1) is 25.8. The van der Waals surface area contributed by atoms with Gasteiger partial charge in [-0.25, -0.2) is 13.2 Å². The summed E-state index contributed by atoms with van der Waals surface area (Å²) in [5.41, 5.74) is 1.90. The summed E-state index contributed by atoms with van der Waals surface area (Å²) in [5.74, 6) is -0.245. The van der Waals surface area contributed by atoms with Crippen LogP contribution in [0.15, 0.2) is 66.7 Å². The molecule has 0 bridgehead atoms. The highest BCUT2D eigenvalue weighted by atomic mass is 32.2. The van der Waals surface area contributed by atoms with Crippen LogP contribution in [-0.2, 0) is 30.7 Å². The molecule has 0 heterocycles. The number of nitrogens with one attached hydrogen (secondary N) is 1. The van der Waals surface area contributed by atoms with Crippen LogP contribution >= 0.6 is 0 Å². The summed E-state index contributed by atoms with van der Waals surface area (Å²) < 4.78 is 44.8. The van der Waals surface area contributed by atoms with Gasteiger partial charge in [0.05, 0.1) is 31.9 Å². The van der Waals surface area contributed by atoms with E-state index in [9.17, 15) is 18.0 Å². The number of benzene rings is 3. The number of sulfonamides is 1. The number of para-hydroxylation sites is 1. The Bertz CT molecular complexity index is 1320. The molecule has 1 atom stereocenters. The summed E-state index contributed by atoms with van der Waals surface area (Å²) in [6.45, 7) is 3.30. The first-order valence-electron chi connectivity index (χ1n) is 10.8. The summed E-state index contributed by atoms with van der Waals surface area (Å²) in [6, 6.07) is 18.6. The number of methoxy groups -OCH3 is 2. The van der Waals surface area contributed by atoms with Crippen LogP contribution < -0.4 is 9.46 Å². The van der Waals surface area contributed by atoms with Crippen LogP contribution in [0.3, 0.4) is 0 Å². The molecule has 3 aromatic carbocycles. The van der Waals surface area contributed by atoms with Crippen molar-refractivity contribution in [3.63, 3.8) is 0 Å². The number of anilines is 1. The lowest BCUT2D eigenvalue weighted by Gasteiger charge is -2.20. The van der Waals surface area contributed by atoms with Gasteiger partial charge >= 0.3 is 11.9 Å². The van der Waals surface area contributed by atoms with E-state index in [1.807, 2.05) is 25.1 Å². The fraction of sp³-hybridized carbons (Fsp3) is 0.231. The Labute approximate surface area is 204 Å². The van der Waals surface area contributed by atoms with Gasteiger partial charge in [0, 0.05) is 0 Å². The maximum Gasteiger partial charge on any atom is 0.338 e. The van der Waals surface area contributed by atoms with E-state index in [1.54, 1.807) is 36.4 Å². The van der Waals surface area contributed by atoms with E-state index >= 15 is 0 Å². The quantitative estimate of drug-likeness (QED) is 0.423. The van der Waals surface area contributed by atoms with E-state index in [2.05, 4.69) is 4.72 Å². The first-order chi connectivity index (χ1) is 16.6. The van der Waals surface area contributed by atoms with E-state index < -0.39 is 27.2 Å². The van der Waals surface area contributed by atoms with Gasteiger partial charge in [0.1, 0.15) is 16.7 Å². The number of carbonyl (C=O) groups excluding carboxylic acids is 2. The Morgan fingerprint density at radius 1 is 0.914 bits per heavy atom. The normalized spacial score (nSPS) is 11.9. The molecular formula is C26H27NO7S. The van der Waals surface area contributed by atoms with Gasteiger partial charge in [-0.1, -0.05) is 35.9 Å². The minimum atomic E-state index is -4.06. The minimum Gasteiger partial charge on any atom is -0.469 e. The average molecular weight is 498 g/mol. The fourth-order valence-electron chi connectivity index (χ4n) is 3.47. The third-order valence-corrected chi connectivity index (χ3v) is 7.08. The second-order valence-corrected chi connectivity index (χ2v) is 9.86. The predicted molar refractivity (Wildman–Crippen MR) is 132 cm³/mol. The zero-order valence-corrected chi connectivity index (χ0v) is 20.7. The molecule has 0 aliphatic heterocycles. The van der Waals surface area contributed by atoms with Gasteiger partial charge in [-0.15, -0.1) is 0 Å². The zero-order valence-electron chi connectivity index (χ0n) is 19.9. The standard InChI is InChI=1S/C26H27NO7S/c1-17-10-13-24(19(14-17)15-25(28)32-3)27-35(30,31)18(2)23-16-21(11-12-22(23)26(29)33-4)34-20-8-6-5-7-9-20/h5-14,16,18,27H,15H2,1-4H3. The molecule has 3 aromatic rings. The molecule has 0 saturated heterocycles. The van der Waals surface area contributed by atoms with Crippen LogP contribution in [0, 0.1) is 6.92 Å². The molecule has 35 heavy (non-hydrogen) atoms. The molecule has 3 rings (SSSR count). The molecule has 1 unspecified atom stereocenters. The van der Waals surface area contributed by atoms with E-state index in [1.165, 1.54) is 33.3 Å². The number of rotatable bonds is 9. The zero-order chi connectivity index (χ0) is 25.6. The molecule has 9 heteroatoms. The second-order valence-electron chi connectivity index (χ2n) is 7.86. The van der Waals surface area contributed by atoms with E-state index in [0.717, 1.165) is 5.56 Å². The molecule has 0 aliphatic carbocycles. The molecule has 0 spiro atoms. The SMILES string of the molecule is COC(=O)Cc1cc(C)ccc1NS(=O)(=O)C(C)c1cc(Oc2ccccc2)ccc1C(=O)OC. The highest BCUT2D eigenvalue weighted by Gasteiger charge is 2.29. The number of ether oxygens (including phenoxy) is 3. The molecule has 1 N–H and O–H groups in total. The van der Waals surface area contributed by atoms with Gasteiger partial charge in [-0.05, 0) is 61.4 Å². The lowest BCUT2D eigenvalue weighted by atomic mass is 10.0. The molecule has 8 nitrogen and oxygen atoms in total. The number of esters is 2. The van der Waals surface area contributed by atoms with Crippen LogP contribution in [0.2, 0.25) is 0 Å². The van der Waals surface area contributed by atoms with Crippen molar-refractivity contribution in [1.82, 2.24) is 0 Å². The van der Waals surface area contributed by atoms with Crippen LogP contribution in [0.1, 0.15) is 39.2 Å². The molecule has 0 aromatic heterocycles. The minimum absolute atomic E-state index is 0.0990. The van der Waals surface area contributed by atoms with Crippen molar-refractivity contribution in [2.45, 2.75) is 25.5 Å². The smallest absolute Gasteiger partial charge is 0.338 e.